The smallest absolute Gasteiger partial charge is 0.270 e. The minimum Gasteiger partial charge on any atom is -0.492 e. The van der Waals surface area contributed by atoms with E-state index in [-0.39, 0.29) is 29.4 Å². The van der Waals surface area contributed by atoms with Gasteiger partial charge in [-0.05, 0) is 24.3 Å². The molecule has 0 aliphatic heterocycles. The van der Waals surface area contributed by atoms with Crippen LogP contribution in [0.2, 0.25) is 5.02 Å². The Morgan fingerprint density at radius 3 is 2.74 bits per heavy atom. The van der Waals surface area contributed by atoms with Gasteiger partial charge in [-0.25, -0.2) is 0 Å². The van der Waals surface area contributed by atoms with E-state index in [9.17, 15) is 14.9 Å². The summed E-state index contributed by atoms with van der Waals surface area (Å²) in [6.45, 7) is 0.561. The van der Waals surface area contributed by atoms with Crippen molar-refractivity contribution in [1.29, 1.82) is 0 Å². The zero-order chi connectivity index (χ0) is 16.8. The van der Waals surface area contributed by atoms with Crippen LogP contribution < -0.4 is 10.1 Å². The normalized spacial score (nSPS) is 10.2. The summed E-state index contributed by atoms with van der Waals surface area (Å²) in [6.07, 6.45) is 0. The lowest BCUT2D eigenvalue weighted by molar-refractivity contribution is -0.384. The van der Waals surface area contributed by atoms with Gasteiger partial charge in [0.1, 0.15) is 12.4 Å². The van der Waals surface area contributed by atoms with Crippen molar-refractivity contribution in [2.45, 2.75) is 0 Å². The Kier molecular flexibility index (Phi) is 5.95. The molecule has 0 saturated heterocycles. The minimum absolute atomic E-state index is 0.0320. The second kappa shape index (κ2) is 7.94. The molecule has 8 heteroatoms. The fourth-order valence-corrected chi connectivity index (χ4v) is 2.43. The third-order valence-electron chi connectivity index (χ3n) is 2.86. The van der Waals surface area contributed by atoms with Crippen molar-refractivity contribution < 1.29 is 14.5 Å². The monoisotopic (exact) mass is 398 g/mol. The molecule has 23 heavy (non-hydrogen) atoms. The van der Waals surface area contributed by atoms with E-state index < -0.39 is 10.8 Å². The Labute approximate surface area is 145 Å². The maximum atomic E-state index is 12.0. The van der Waals surface area contributed by atoms with Crippen LogP contribution in [0.3, 0.4) is 0 Å². The number of amides is 1. The first-order valence-corrected chi connectivity index (χ1v) is 7.75. The molecule has 2 aromatic carbocycles. The average Bonchev–Trinajstić information content (AvgIpc) is 2.51. The van der Waals surface area contributed by atoms with Crippen LogP contribution in [0.15, 0.2) is 46.9 Å². The summed E-state index contributed by atoms with van der Waals surface area (Å²) in [5.41, 5.74) is 0.0178. The number of carbonyl (C=O) groups is 1. The number of nitrogens with one attached hydrogen (secondary N) is 1. The van der Waals surface area contributed by atoms with Gasteiger partial charge < -0.3 is 10.1 Å². The maximum absolute atomic E-state index is 12.0. The second-order valence-corrected chi connectivity index (χ2v) is 5.81. The topological polar surface area (TPSA) is 81.5 Å². The number of benzene rings is 2. The molecule has 0 bridgehead atoms. The van der Waals surface area contributed by atoms with E-state index in [2.05, 4.69) is 21.2 Å². The van der Waals surface area contributed by atoms with Crippen LogP contribution in [-0.4, -0.2) is 24.0 Å². The van der Waals surface area contributed by atoms with E-state index >= 15 is 0 Å². The second-order valence-electron chi connectivity index (χ2n) is 4.48. The Morgan fingerprint density at radius 2 is 2.09 bits per heavy atom. The summed E-state index contributed by atoms with van der Waals surface area (Å²) in [6, 6.07) is 11.0. The highest BCUT2D eigenvalue weighted by atomic mass is 79.9. The molecular formula is C15H12BrClN2O4. The van der Waals surface area contributed by atoms with Crippen molar-refractivity contribution >= 4 is 39.1 Å². The minimum atomic E-state index is -0.570. The van der Waals surface area contributed by atoms with Crippen LogP contribution in [0.1, 0.15) is 10.4 Å². The van der Waals surface area contributed by atoms with Crippen LogP contribution in [0.25, 0.3) is 0 Å². The first-order valence-electron chi connectivity index (χ1n) is 6.58. The van der Waals surface area contributed by atoms with Gasteiger partial charge in [-0.3, -0.25) is 14.9 Å². The van der Waals surface area contributed by atoms with Crippen LogP contribution >= 0.6 is 27.5 Å². The standard InChI is InChI=1S/C15H12BrClN2O4/c16-10-2-1-3-12(8-10)23-7-6-18-15(20)13-5-4-11(19(21)22)9-14(13)17/h1-5,8-9H,6-7H2,(H,18,20). The molecule has 0 unspecified atom stereocenters. The predicted octanol–water partition coefficient (Wildman–Crippen LogP) is 3.82. The van der Waals surface area contributed by atoms with Crippen LogP contribution in [-0.2, 0) is 0 Å². The van der Waals surface area contributed by atoms with Gasteiger partial charge in [0, 0.05) is 16.6 Å². The van der Waals surface area contributed by atoms with Gasteiger partial charge in [0.15, 0.2) is 0 Å². The third kappa shape index (κ3) is 4.94. The number of carbonyl (C=O) groups excluding carboxylic acids is 1. The van der Waals surface area contributed by atoms with Gasteiger partial charge in [-0.2, -0.15) is 0 Å². The van der Waals surface area contributed by atoms with Gasteiger partial charge in [0.25, 0.3) is 11.6 Å². The molecule has 0 aliphatic rings. The summed E-state index contributed by atoms with van der Waals surface area (Å²) in [5.74, 6) is 0.268. The number of hydrogen-bond acceptors (Lipinski definition) is 4. The molecule has 0 saturated carbocycles. The lowest BCUT2D eigenvalue weighted by Crippen LogP contribution is -2.28. The number of hydrogen-bond donors (Lipinski definition) is 1. The maximum Gasteiger partial charge on any atom is 0.270 e. The highest BCUT2D eigenvalue weighted by molar-refractivity contribution is 9.10. The summed E-state index contributed by atoms with van der Waals surface area (Å²) in [7, 11) is 0. The van der Waals surface area contributed by atoms with E-state index in [1.54, 1.807) is 6.07 Å². The molecule has 0 heterocycles. The van der Waals surface area contributed by atoms with Crippen molar-refractivity contribution in [3.05, 3.63) is 67.6 Å². The first-order chi connectivity index (χ1) is 11.0. The number of nitro groups is 1. The molecule has 0 aliphatic carbocycles. The molecule has 0 atom stereocenters. The van der Waals surface area contributed by atoms with Crippen molar-refractivity contribution in [2.75, 3.05) is 13.2 Å². The predicted molar refractivity (Wildman–Crippen MR) is 90.1 cm³/mol. The quantitative estimate of drug-likeness (QED) is 0.455. The average molecular weight is 400 g/mol. The lowest BCUT2D eigenvalue weighted by atomic mass is 10.2. The third-order valence-corrected chi connectivity index (χ3v) is 3.67. The first kappa shape index (κ1) is 17.2. The van der Waals surface area contributed by atoms with Crippen molar-refractivity contribution in [2.24, 2.45) is 0 Å². The Bertz CT molecular complexity index is 739. The molecule has 2 aromatic rings. The van der Waals surface area contributed by atoms with E-state index in [4.69, 9.17) is 16.3 Å². The largest absolute Gasteiger partial charge is 0.492 e. The molecule has 1 N–H and O–H groups in total. The summed E-state index contributed by atoms with van der Waals surface area (Å²) < 4.78 is 6.39. The van der Waals surface area contributed by atoms with E-state index in [0.717, 1.165) is 10.5 Å². The SMILES string of the molecule is O=C(NCCOc1cccc(Br)c1)c1ccc([N+](=O)[O-])cc1Cl. The number of ether oxygens (including phenoxy) is 1. The van der Waals surface area contributed by atoms with Gasteiger partial charge in [-0.15, -0.1) is 0 Å². The van der Waals surface area contributed by atoms with Crippen LogP contribution in [0.4, 0.5) is 5.69 Å². The van der Waals surface area contributed by atoms with Crippen LogP contribution in [0, 0.1) is 10.1 Å². The Morgan fingerprint density at radius 1 is 1.30 bits per heavy atom. The van der Waals surface area contributed by atoms with Crippen LogP contribution in [0.5, 0.6) is 5.75 Å². The summed E-state index contributed by atoms with van der Waals surface area (Å²) >= 11 is 9.23. The number of non-ortho nitro benzene ring substituents is 1. The number of rotatable bonds is 6. The number of nitro benzene ring substituents is 1. The molecule has 1 amide bonds. The lowest BCUT2D eigenvalue weighted by Gasteiger charge is -2.09. The fourth-order valence-electron chi connectivity index (χ4n) is 1.79. The molecule has 0 fully saturated rings. The number of nitrogens with zero attached hydrogens (tertiary/aromatic N) is 1. The molecule has 120 valence electrons. The summed E-state index contributed by atoms with van der Waals surface area (Å²) in [4.78, 5) is 22.0. The van der Waals surface area contributed by atoms with E-state index in [1.807, 2.05) is 18.2 Å². The zero-order valence-corrected chi connectivity index (χ0v) is 14.1. The Balaban J connectivity index is 1.86. The van der Waals surface area contributed by atoms with E-state index in [0.29, 0.717) is 5.75 Å². The molecule has 0 radical (unpaired) electrons. The van der Waals surface area contributed by atoms with Gasteiger partial charge in [0.2, 0.25) is 0 Å². The van der Waals surface area contributed by atoms with Gasteiger partial charge in [-0.1, -0.05) is 33.6 Å². The number of halogens is 2. The van der Waals surface area contributed by atoms with Gasteiger partial charge in [0.05, 0.1) is 22.1 Å². The summed E-state index contributed by atoms with van der Waals surface area (Å²) in [5, 5.41) is 13.3. The highest BCUT2D eigenvalue weighted by Gasteiger charge is 2.14. The molecule has 0 aromatic heterocycles. The van der Waals surface area contributed by atoms with Crippen molar-refractivity contribution in [3.63, 3.8) is 0 Å². The van der Waals surface area contributed by atoms with Gasteiger partial charge >= 0.3 is 0 Å². The highest BCUT2D eigenvalue weighted by Crippen LogP contribution is 2.22. The molecule has 2 rings (SSSR count). The Hall–Kier alpha value is -2.12. The van der Waals surface area contributed by atoms with E-state index in [1.165, 1.54) is 12.1 Å². The molecule has 6 nitrogen and oxygen atoms in total. The molecule has 0 spiro atoms. The zero-order valence-electron chi connectivity index (χ0n) is 11.8. The molecular weight excluding hydrogens is 388 g/mol. The fraction of sp³-hybridized carbons (Fsp3) is 0.133. The van der Waals surface area contributed by atoms with Crippen molar-refractivity contribution in [3.8, 4) is 5.75 Å². The van der Waals surface area contributed by atoms with Crippen molar-refractivity contribution in [1.82, 2.24) is 5.32 Å².